The number of carbonyl (C=O) groups is 2. The summed E-state index contributed by atoms with van der Waals surface area (Å²) in [4.78, 5) is 24.0. The van der Waals surface area contributed by atoms with Gasteiger partial charge in [-0.1, -0.05) is 12.1 Å². The van der Waals surface area contributed by atoms with Gasteiger partial charge in [-0.15, -0.1) is 0 Å². The highest BCUT2D eigenvalue weighted by Gasteiger charge is 2.19. The van der Waals surface area contributed by atoms with Crippen LogP contribution in [0.25, 0.3) is 0 Å². The lowest BCUT2D eigenvalue weighted by Crippen LogP contribution is -2.30. The van der Waals surface area contributed by atoms with Crippen LogP contribution in [-0.4, -0.2) is 24.9 Å². The number of Topliss-reactive ketones (excluding diaryl/α,β-unsaturated/α-hetero) is 1. The van der Waals surface area contributed by atoms with Crippen LogP contribution >= 0.6 is 0 Å². The van der Waals surface area contributed by atoms with E-state index in [0.717, 1.165) is 0 Å². The van der Waals surface area contributed by atoms with E-state index in [9.17, 15) is 9.59 Å². The number of nitrogens with one attached hydrogen (secondary N) is 1. The minimum absolute atomic E-state index is 0.141. The zero-order valence-electron chi connectivity index (χ0n) is 14.2. The molecule has 0 bridgehead atoms. The Morgan fingerprint density at radius 2 is 1.88 bits per heavy atom. The molecule has 128 valence electrons. The van der Waals surface area contributed by atoms with E-state index in [0.29, 0.717) is 28.3 Å². The van der Waals surface area contributed by atoms with Crippen LogP contribution in [0.4, 0.5) is 5.69 Å². The van der Waals surface area contributed by atoms with E-state index in [4.69, 9.17) is 14.7 Å². The van der Waals surface area contributed by atoms with Crippen molar-refractivity contribution in [2.45, 2.75) is 20.0 Å². The number of nitrogens with zero attached hydrogens (tertiary/aromatic N) is 1. The largest absolute Gasteiger partial charge is 0.493 e. The van der Waals surface area contributed by atoms with Crippen molar-refractivity contribution in [3.8, 4) is 17.6 Å². The summed E-state index contributed by atoms with van der Waals surface area (Å²) < 4.78 is 10.8. The van der Waals surface area contributed by atoms with Crippen molar-refractivity contribution >= 4 is 17.4 Å². The fourth-order valence-corrected chi connectivity index (χ4v) is 2.21. The van der Waals surface area contributed by atoms with Gasteiger partial charge in [-0.05, 0) is 38.1 Å². The number of hydrogen-bond donors (Lipinski definition) is 1. The number of anilines is 1. The average molecular weight is 338 g/mol. The SMILES string of the molecule is COc1cc(C#N)ccc1O[C@H](C)C(=O)Nc1ccccc1C(C)=O. The van der Waals surface area contributed by atoms with Gasteiger partial charge in [0.15, 0.2) is 23.4 Å². The van der Waals surface area contributed by atoms with Gasteiger partial charge in [0, 0.05) is 11.6 Å². The molecule has 0 aromatic heterocycles. The molecule has 0 aliphatic heterocycles. The molecule has 0 saturated heterocycles. The Morgan fingerprint density at radius 1 is 1.16 bits per heavy atom. The molecule has 0 heterocycles. The first-order valence-electron chi connectivity index (χ1n) is 7.62. The topological polar surface area (TPSA) is 88.4 Å². The summed E-state index contributed by atoms with van der Waals surface area (Å²) in [7, 11) is 1.46. The molecule has 0 aliphatic carbocycles. The number of nitriles is 1. The molecule has 0 aliphatic rings. The van der Waals surface area contributed by atoms with Crippen LogP contribution in [0.3, 0.4) is 0 Å². The predicted octanol–water partition coefficient (Wildman–Crippen LogP) is 3.18. The van der Waals surface area contributed by atoms with Crippen LogP contribution in [0.5, 0.6) is 11.5 Å². The van der Waals surface area contributed by atoms with E-state index >= 15 is 0 Å². The van der Waals surface area contributed by atoms with Gasteiger partial charge in [-0.2, -0.15) is 5.26 Å². The van der Waals surface area contributed by atoms with Gasteiger partial charge in [0.2, 0.25) is 0 Å². The Labute approximate surface area is 146 Å². The first-order valence-corrected chi connectivity index (χ1v) is 7.62. The lowest BCUT2D eigenvalue weighted by atomic mass is 10.1. The van der Waals surface area contributed by atoms with Crippen molar-refractivity contribution in [1.29, 1.82) is 5.26 Å². The highest BCUT2D eigenvalue weighted by atomic mass is 16.5. The van der Waals surface area contributed by atoms with E-state index in [2.05, 4.69) is 5.32 Å². The first kappa shape index (κ1) is 18.0. The van der Waals surface area contributed by atoms with Crippen molar-refractivity contribution in [1.82, 2.24) is 0 Å². The number of carbonyl (C=O) groups excluding carboxylic acids is 2. The third-order valence-electron chi connectivity index (χ3n) is 3.53. The van der Waals surface area contributed by atoms with Crippen LogP contribution in [0.2, 0.25) is 0 Å². The van der Waals surface area contributed by atoms with E-state index in [1.807, 2.05) is 6.07 Å². The monoisotopic (exact) mass is 338 g/mol. The zero-order valence-corrected chi connectivity index (χ0v) is 14.2. The maximum Gasteiger partial charge on any atom is 0.265 e. The molecule has 6 heteroatoms. The Morgan fingerprint density at radius 3 is 2.52 bits per heavy atom. The lowest BCUT2D eigenvalue weighted by molar-refractivity contribution is -0.122. The molecule has 25 heavy (non-hydrogen) atoms. The Hall–Kier alpha value is -3.33. The molecule has 0 spiro atoms. The van der Waals surface area contributed by atoms with Crippen LogP contribution < -0.4 is 14.8 Å². The second-order valence-electron chi connectivity index (χ2n) is 5.33. The summed E-state index contributed by atoms with van der Waals surface area (Å²) in [6.45, 7) is 3.02. The van der Waals surface area contributed by atoms with Gasteiger partial charge in [0.1, 0.15) is 0 Å². The number of amides is 1. The number of rotatable bonds is 6. The molecule has 1 N–H and O–H groups in total. The van der Waals surface area contributed by atoms with Crippen molar-refractivity contribution in [2.24, 2.45) is 0 Å². The predicted molar refractivity (Wildman–Crippen MR) is 92.9 cm³/mol. The number of benzene rings is 2. The number of hydrogen-bond acceptors (Lipinski definition) is 5. The number of methoxy groups -OCH3 is 1. The van der Waals surface area contributed by atoms with Gasteiger partial charge in [-0.25, -0.2) is 0 Å². The maximum atomic E-state index is 12.4. The van der Waals surface area contributed by atoms with Crippen LogP contribution in [-0.2, 0) is 4.79 Å². The maximum absolute atomic E-state index is 12.4. The molecule has 2 aromatic rings. The summed E-state index contributed by atoms with van der Waals surface area (Å²) in [6.07, 6.45) is -0.832. The smallest absolute Gasteiger partial charge is 0.265 e. The van der Waals surface area contributed by atoms with Gasteiger partial charge < -0.3 is 14.8 Å². The third-order valence-corrected chi connectivity index (χ3v) is 3.53. The number of ketones is 1. The van der Waals surface area contributed by atoms with Crippen LogP contribution in [0.15, 0.2) is 42.5 Å². The van der Waals surface area contributed by atoms with Gasteiger partial charge in [-0.3, -0.25) is 9.59 Å². The third kappa shape index (κ3) is 4.36. The Bertz CT molecular complexity index is 840. The van der Waals surface area contributed by atoms with Gasteiger partial charge >= 0.3 is 0 Å². The minimum Gasteiger partial charge on any atom is -0.493 e. The summed E-state index contributed by atoms with van der Waals surface area (Å²) in [6, 6.07) is 13.5. The van der Waals surface area contributed by atoms with E-state index in [1.165, 1.54) is 20.1 Å². The zero-order chi connectivity index (χ0) is 18.4. The normalized spacial score (nSPS) is 11.1. The van der Waals surface area contributed by atoms with Crippen molar-refractivity contribution in [3.63, 3.8) is 0 Å². The van der Waals surface area contributed by atoms with Crippen molar-refractivity contribution in [3.05, 3.63) is 53.6 Å². The Kier molecular flexibility index (Phi) is 5.75. The first-order chi connectivity index (χ1) is 12.0. The lowest BCUT2D eigenvalue weighted by Gasteiger charge is -2.17. The summed E-state index contributed by atoms with van der Waals surface area (Å²) in [5.41, 5.74) is 1.29. The highest BCUT2D eigenvalue weighted by molar-refractivity contribution is 6.04. The van der Waals surface area contributed by atoms with Crippen LogP contribution in [0, 0.1) is 11.3 Å². The molecule has 0 saturated carbocycles. The summed E-state index contributed by atoms with van der Waals surface area (Å²) in [5.74, 6) is 0.171. The molecular formula is C19H18N2O4. The molecule has 0 fully saturated rings. The molecule has 6 nitrogen and oxygen atoms in total. The molecule has 0 radical (unpaired) electrons. The van der Waals surface area contributed by atoms with E-state index < -0.39 is 12.0 Å². The summed E-state index contributed by atoms with van der Waals surface area (Å²) >= 11 is 0. The van der Waals surface area contributed by atoms with Crippen LogP contribution in [0.1, 0.15) is 29.8 Å². The summed E-state index contributed by atoms with van der Waals surface area (Å²) in [5, 5.41) is 11.6. The average Bonchev–Trinajstić information content (AvgIpc) is 2.62. The van der Waals surface area contributed by atoms with Crippen molar-refractivity contribution in [2.75, 3.05) is 12.4 Å². The molecule has 2 rings (SSSR count). The second-order valence-corrected chi connectivity index (χ2v) is 5.33. The molecule has 1 amide bonds. The highest BCUT2D eigenvalue weighted by Crippen LogP contribution is 2.29. The standard InChI is InChI=1S/C19H18N2O4/c1-12(22)15-6-4-5-7-16(15)21-19(23)13(2)25-17-9-8-14(11-20)10-18(17)24-3/h4-10,13H,1-3H3,(H,21,23)/t13-/m1/s1. The number of para-hydroxylation sites is 1. The fourth-order valence-electron chi connectivity index (χ4n) is 2.21. The number of ether oxygens (including phenoxy) is 2. The molecule has 0 unspecified atom stereocenters. The molecule has 1 atom stereocenters. The molecular weight excluding hydrogens is 320 g/mol. The van der Waals surface area contributed by atoms with E-state index in [1.54, 1.807) is 43.3 Å². The fraction of sp³-hybridized carbons (Fsp3) is 0.211. The van der Waals surface area contributed by atoms with E-state index in [-0.39, 0.29) is 5.78 Å². The molecule has 2 aromatic carbocycles. The van der Waals surface area contributed by atoms with Gasteiger partial charge in [0.05, 0.1) is 24.4 Å². The van der Waals surface area contributed by atoms with Gasteiger partial charge in [0.25, 0.3) is 5.91 Å². The van der Waals surface area contributed by atoms with Crippen molar-refractivity contribution < 1.29 is 19.1 Å². The minimum atomic E-state index is -0.832. The second kappa shape index (κ2) is 7.97. The quantitative estimate of drug-likeness (QED) is 0.817. The Balaban J connectivity index is 2.14.